The molecule has 1 saturated carbocycles. The number of piperazine rings is 1. The van der Waals surface area contributed by atoms with Gasteiger partial charge >= 0.3 is 0 Å². The zero-order chi connectivity index (χ0) is 31.7. The van der Waals surface area contributed by atoms with Crippen LogP contribution in [0.4, 0.5) is 11.4 Å². The lowest BCUT2D eigenvalue weighted by Crippen LogP contribution is -2.76. The van der Waals surface area contributed by atoms with Crippen LogP contribution in [0.1, 0.15) is 51.0 Å². The molecule has 1 aliphatic carbocycles. The lowest BCUT2D eigenvalue weighted by molar-refractivity contribution is -0.123. The topological polar surface area (TPSA) is 142 Å². The number of hydrogen-bond donors (Lipinski definition) is 5. The van der Waals surface area contributed by atoms with Crippen molar-refractivity contribution in [2.75, 3.05) is 83.3 Å². The third-order valence-electron chi connectivity index (χ3n) is 10.2. The van der Waals surface area contributed by atoms with Crippen LogP contribution in [0.25, 0.3) is 0 Å². The molecule has 4 aliphatic heterocycles. The third-order valence-corrected chi connectivity index (χ3v) is 10.2. The van der Waals surface area contributed by atoms with Crippen molar-refractivity contribution in [3.63, 3.8) is 0 Å². The summed E-state index contributed by atoms with van der Waals surface area (Å²) in [7, 11) is 3.58. The maximum atomic E-state index is 13.6. The Labute approximate surface area is 266 Å². The van der Waals surface area contributed by atoms with Crippen molar-refractivity contribution in [2.45, 2.75) is 69.9 Å². The molecule has 0 spiro atoms. The molecule has 5 aliphatic rings. The first-order chi connectivity index (χ1) is 21.7. The zero-order valence-electron chi connectivity index (χ0n) is 27.1. The van der Waals surface area contributed by atoms with Crippen molar-refractivity contribution in [2.24, 2.45) is 5.73 Å². The number of aryl methyl sites for hydroxylation is 1. The molecular formula is C32H51N9O4. The summed E-state index contributed by atoms with van der Waals surface area (Å²) in [6.07, 6.45) is 7.26. The number of likely N-dealkylation sites (N-methyl/N-ethyl adjacent to an activating group) is 1. The Balaban J connectivity index is 1.22. The predicted octanol–water partition coefficient (Wildman–Crippen LogP) is 0.423. The van der Waals surface area contributed by atoms with Gasteiger partial charge in [-0.1, -0.05) is 19.8 Å². The fraction of sp³-hybridized carbons (Fsp3) is 0.688. The Morgan fingerprint density at radius 2 is 1.84 bits per heavy atom. The highest BCUT2D eigenvalue weighted by Crippen LogP contribution is 2.39. The van der Waals surface area contributed by atoms with Crippen LogP contribution in [0.5, 0.6) is 5.75 Å². The normalized spacial score (nSPS) is 26.4. The van der Waals surface area contributed by atoms with Crippen LogP contribution < -0.4 is 31.3 Å². The van der Waals surface area contributed by atoms with Gasteiger partial charge in [0.25, 0.3) is 5.91 Å². The van der Waals surface area contributed by atoms with Crippen LogP contribution in [-0.2, 0) is 16.0 Å². The summed E-state index contributed by atoms with van der Waals surface area (Å²) >= 11 is 0. The lowest BCUT2D eigenvalue weighted by atomic mass is 9.99. The molecule has 4 heterocycles. The van der Waals surface area contributed by atoms with E-state index in [0.29, 0.717) is 42.8 Å². The van der Waals surface area contributed by atoms with E-state index in [1.54, 1.807) is 7.11 Å². The van der Waals surface area contributed by atoms with Gasteiger partial charge in [0.2, 0.25) is 11.8 Å². The van der Waals surface area contributed by atoms with E-state index in [-0.39, 0.29) is 24.5 Å². The maximum absolute atomic E-state index is 13.6. The number of aliphatic hydroxyl groups excluding tert-OH is 1. The van der Waals surface area contributed by atoms with Crippen molar-refractivity contribution in [3.8, 4) is 5.75 Å². The molecule has 2 amide bonds. The zero-order valence-corrected chi connectivity index (χ0v) is 27.1. The molecule has 0 radical (unpaired) electrons. The number of carbonyl (C=O) groups is 2. The second-order valence-corrected chi connectivity index (χ2v) is 13.2. The van der Waals surface area contributed by atoms with Crippen molar-refractivity contribution in [3.05, 3.63) is 29.2 Å². The number of nitrogens with zero attached hydrogens (tertiary/aromatic N) is 5. The molecule has 45 heavy (non-hydrogen) atoms. The lowest BCUT2D eigenvalue weighted by Gasteiger charge is -2.52. The number of carbonyl (C=O) groups excluding carboxylic acids is 2. The van der Waals surface area contributed by atoms with Gasteiger partial charge in [-0.3, -0.25) is 30.4 Å². The molecule has 1 aromatic rings. The van der Waals surface area contributed by atoms with Gasteiger partial charge in [-0.25, -0.2) is 0 Å². The summed E-state index contributed by atoms with van der Waals surface area (Å²) in [4.78, 5) is 37.9. The Bertz CT molecular complexity index is 1290. The van der Waals surface area contributed by atoms with Gasteiger partial charge in [-0.05, 0) is 43.7 Å². The number of benzene rings is 1. The number of methoxy groups -OCH3 is 1. The van der Waals surface area contributed by atoms with Crippen LogP contribution >= 0.6 is 0 Å². The van der Waals surface area contributed by atoms with Crippen molar-refractivity contribution >= 4 is 23.2 Å². The number of nitrogens with one attached hydrogen (secondary N) is 3. The van der Waals surface area contributed by atoms with Gasteiger partial charge in [-0.2, -0.15) is 0 Å². The smallest absolute Gasteiger partial charge is 0.275 e. The van der Waals surface area contributed by atoms with Crippen LogP contribution in [-0.4, -0.2) is 128 Å². The summed E-state index contributed by atoms with van der Waals surface area (Å²) in [6, 6.07) is 4.58. The summed E-state index contributed by atoms with van der Waals surface area (Å²) in [5.74, 6) is -0.264. The number of rotatable bonds is 9. The van der Waals surface area contributed by atoms with E-state index in [0.717, 1.165) is 81.9 Å². The molecule has 1 saturated heterocycles. The molecule has 1 unspecified atom stereocenters. The van der Waals surface area contributed by atoms with Crippen molar-refractivity contribution in [1.82, 2.24) is 30.2 Å². The summed E-state index contributed by atoms with van der Waals surface area (Å²) in [5.41, 5.74) is 10.1. The number of nitrogens with two attached hydrogens (primary N) is 1. The molecule has 1 aromatic carbocycles. The van der Waals surface area contributed by atoms with Crippen LogP contribution in [0.15, 0.2) is 23.7 Å². The molecule has 248 valence electrons. The SMILES string of the molecule is CCC1CN(C)C2=C(N[C@@](N)(Nc3cc4c(cc3OC)N(C(=O)CN3CCN(CCO)CC3)CCC4)NC2=O)N1C1CCCC1. The number of β-amino-alcohol motifs (C(OH)–C–C–N with tert-alkyl or cyclic N) is 1. The van der Waals surface area contributed by atoms with Gasteiger partial charge in [-0.15, -0.1) is 0 Å². The second-order valence-electron chi connectivity index (χ2n) is 13.2. The number of anilines is 2. The van der Waals surface area contributed by atoms with E-state index in [4.69, 9.17) is 10.5 Å². The Hall–Kier alpha value is -3.26. The van der Waals surface area contributed by atoms with E-state index in [1.807, 2.05) is 29.0 Å². The van der Waals surface area contributed by atoms with Crippen molar-refractivity contribution in [1.29, 1.82) is 0 Å². The number of amides is 2. The van der Waals surface area contributed by atoms with Gasteiger partial charge in [0.1, 0.15) is 17.3 Å². The summed E-state index contributed by atoms with van der Waals surface area (Å²) in [6.45, 7) is 8.16. The maximum Gasteiger partial charge on any atom is 0.275 e. The number of ether oxygens (including phenoxy) is 1. The summed E-state index contributed by atoms with van der Waals surface area (Å²) < 4.78 is 5.83. The van der Waals surface area contributed by atoms with E-state index in [1.165, 1.54) is 12.8 Å². The fourth-order valence-corrected chi connectivity index (χ4v) is 7.83. The van der Waals surface area contributed by atoms with Gasteiger partial charge in [0, 0.05) is 71.0 Å². The number of fused-ring (bicyclic) bond motifs is 1. The minimum atomic E-state index is -1.45. The van der Waals surface area contributed by atoms with E-state index >= 15 is 0 Å². The van der Waals surface area contributed by atoms with Crippen LogP contribution in [0.3, 0.4) is 0 Å². The average molecular weight is 626 g/mol. The molecule has 0 bridgehead atoms. The standard InChI is InChI=1S/C32H51N9O4/c1-4-23-20-37(2)29-30(41(23)24-9-5-6-10-24)35-32(33,36-31(29)44)34-25-18-22-8-7-11-40(26(22)19-27(25)45-3)28(43)21-39-14-12-38(13-15-39)16-17-42/h18-19,23-24,34-35,42H,4-17,20-21,33H2,1-3H3,(H,36,44)/t23?,32-/m1/s1. The monoisotopic (exact) mass is 625 g/mol. The highest BCUT2D eigenvalue weighted by molar-refractivity contribution is 5.97. The third kappa shape index (κ3) is 6.40. The van der Waals surface area contributed by atoms with E-state index < -0.39 is 5.91 Å². The van der Waals surface area contributed by atoms with Crippen LogP contribution in [0, 0.1) is 0 Å². The predicted molar refractivity (Wildman–Crippen MR) is 173 cm³/mol. The minimum absolute atomic E-state index is 0.0733. The van der Waals surface area contributed by atoms with Crippen LogP contribution in [0.2, 0.25) is 0 Å². The number of aliphatic hydroxyl groups is 1. The largest absolute Gasteiger partial charge is 0.495 e. The molecule has 6 N–H and O–H groups in total. The molecular weight excluding hydrogens is 574 g/mol. The van der Waals surface area contributed by atoms with E-state index in [2.05, 4.69) is 37.6 Å². The van der Waals surface area contributed by atoms with Gasteiger partial charge in [0.15, 0.2) is 0 Å². The van der Waals surface area contributed by atoms with Gasteiger partial charge in [0.05, 0.1) is 31.6 Å². The average Bonchev–Trinajstić information content (AvgIpc) is 3.55. The molecule has 0 aromatic heterocycles. The first-order valence-electron chi connectivity index (χ1n) is 16.7. The fourth-order valence-electron chi connectivity index (χ4n) is 7.83. The highest BCUT2D eigenvalue weighted by atomic mass is 16.5. The number of hydrogen-bond acceptors (Lipinski definition) is 11. The van der Waals surface area contributed by atoms with Crippen molar-refractivity contribution < 1.29 is 19.4 Å². The molecule has 2 atom stereocenters. The molecule has 2 fully saturated rings. The first-order valence-corrected chi connectivity index (χ1v) is 16.7. The first kappa shape index (κ1) is 31.7. The highest BCUT2D eigenvalue weighted by Gasteiger charge is 2.46. The second kappa shape index (κ2) is 13.2. The molecule has 13 heteroatoms. The van der Waals surface area contributed by atoms with Gasteiger partial charge < -0.3 is 35.2 Å². The molecule has 13 nitrogen and oxygen atoms in total. The minimum Gasteiger partial charge on any atom is -0.495 e. The molecule has 6 rings (SSSR count). The Morgan fingerprint density at radius 3 is 2.53 bits per heavy atom. The quantitative estimate of drug-likeness (QED) is 0.244. The van der Waals surface area contributed by atoms with E-state index in [9.17, 15) is 14.7 Å². The Morgan fingerprint density at radius 1 is 1.11 bits per heavy atom. The summed E-state index contributed by atoms with van der Waals surface area (Å²) in [5, 5.41) is 19.1. The Kier molecular flexibility index (Phi) is 9.32.